The van der Waals surface area contributed by atoms with E-state index in [1.807, 2.05) is 30.3 Å². The van der Waals surface area contributed by atoms with Gasteiger partial charge in [0.1, 0.15) is 9.83 Å². The van der Waals surface area contributed by atoms with Crippen molar-refractivity contribution in [1.82, 2.24) is 9.55 Å². The Morgan fingerprint density at radius 2 is 1.72 bits per heavy atom. The first-order chi connectivity index (χ1) is 17.5. The zero-order valence-electron chi connectivity index (χ0n) is 19.5. The molecule has 2 amide bonds. The molecular formula is C26H24N4O3S3. The first-order valence-corrected chi connectivity index (χ1v) is 14.6. The van der Waals surface area contributed by atoms with Gasteiger partial charge in [-0.1, -0.05) is 30.0 Å². The third-order valence-corrected chi connectivity index (χ3v) is 10.1. The monoisotopic (exact) mass is 536 g/mol. The number of amides is 2. The summed E-state index contributed by atoms with van der Waals surface area (Å²) in [5.41, 5.74) is 8.83. The molecule has 36 heavy (non-hydrogen) atoms. The molecule has 0 bridgehead atoms. The van der Waals surface area contributed by atoms with Gasteiger partial charge in [0.2, 0.25) is 5.91 Å². The highest BCUT2D eigenvalue weighted by Gasteiger charge is 2.27. The molecule has 0 saturated heterocycles. The number of nitrogens with two attached hydrogens (primary N) is 1. The molecule has 4 aromatic rings. The number of thioether (sulfide) groups is 1. The molecule has 184 valence electrons. The highest BCUT2D eigenvalue weighted by atomic mass is 32.2. The van der Waals surface area contributed by atoms with Gasteiger partial charge in [-0.3, -0.25) is 19.0 Å². The van der Waals surface area contributed by atoms with Gasteiger partial charge in [-0.15, -0.1) is 22.7 Å². The van der Waals surface area contributed by atoms with Crippen molar-refractivity contribution in [1.29, 1.82) is 0 Å². The van der Waals surface area contributed by atoms with Gasteiger partial charge in [0.05, 0.1) is 22.4 Å². The predicted octanol–water partition coefficient (Wildman–Crippen LogP) is 4.71. The van der Waals surface area contributed by atoms with Crippen LogP contribution in [-0.4, -0.2) is 27.1 Å². The fraction of sp³-hybridized carbons (Fsp3) is 0.308. The summed E-state index contributed by atoms with van der Waals surface area (Å²) in [4.78, 5) is 46.8. The zero-order chi connectivity index (χ0) is 24.8. The van der Waals surface area contributed by atoms with E-state index in [4.69, 9.17) is 10.7 Å². The lowest BCUT2D eigenvalue weighted by Gasteiger charge is -2.13. The van der Waals surface area contributed by atoms with E-state index in [0.717, 1.165) is 71.5 Å². The minimum Gasteiger partial charge on any atom is -0.365 e. The van der Waals surface area contributed by atoms with Crippen molar-refractivity contribution in [2.24, 2.45) is 5.73 Å². The molecule has 0 atom stereocenters. The SMILES string of the molecule is NC(=O)c1c(NC(=O)CSc2nc3sc4c(c3c(=O)n2-c2ccccc2)CCCC4)sc2c1CCC2. The van der Waals surface area contributed by atoms with Crippen LogP contribution in [0.25, 0.3) is 15.9 Å². The summed E-state index contributed by atoms with van der Waals surface area (Å²) in [5, 5.41) is 4.61. The molecular weight excluding hydrogens is 513 g/mol. The molecule has 3 aromatic heterocycles. The quantitative estimate of drug-likeness (QED) is 0.274. The Bertz CT molecular complexity index is 1570. The van der Waals surface area contributed by atoms with Gasteiger partial charge in [0, 0.05) is 9.75 Å². The third-order valence-electron chi connectivity index (χ3n) is 6.73. The molecule has 0 unspecified atom stereocenters. The van der Waals surface area contributed by atoms with E-state index in [-0.39, 0.29) is 17.2 Å². The Morgan fingerprint density at radius 3 is 2.53 bits per heavy atom. The topological polar surface area (TPSA) is 107 Å². The molecule has 2 aliphatic carbocycles. The Hall–Kier alpha value is -2.95. The van der Waals surface area contributed by atoms with Gasteiger partial charge in [0.25, 0.3) is 11.5 Å². The summed E-state index contributed by atoms with van der Waals surface area (Å²) >= 11 is 4.26. The van der Waals surface area contributed by atoms with Gasteiger partial charge in [-0.05, 0) is 68.2 Å². The van der Waals surface area contributed by atoms with Gasteiger partial charge >= 0.3 is 0 Å². The number of primary amides is 1. The fourth-order valence-corrected chi connectivity index (χ4v) is 8.56. The van der Waals surface area contributed by atoms with Crippen LogP contribution in [0.2, 0.25) is 0 Å². The second-order valence-electron chi connectivity index (χ2n) is 9.02. The van der Waals surface area contributed by atoms with Crippen LogP contribution in [0, 0.1) is 0 Å². The van der Waals surface area contributed by atoms with Crippen LogP contribution in [-0.2, 0) is 30.5 Å². The number of aromatic nitrogens is 2. The summed E-state index contributed by atoms with van der Waals surface area (Å²) in [6, 6.07) is 9.44. The Balaban J connectivity index is 1.33. The fourth-order valence-electron chi connectivity index (χ4n) is 5.13. The third kappa shape index (κ3) is 4.07. The summed E-state index contributed by atoms with van der Waals surface area (Å²) in [6.45, 7) is 0. The molecule has 3 heterocycles. The van der Waals surface area contributed by atoms with E-state index in [9.17, 15) is 14.4 Å². The van der Waals surface area contributed by atoms with Crippen molar-refractivity contribution in [3.05, 3.63) is 67.1 Å². The molecule has 0 aliphatic heterocycles. The smallest absolute Gasteiger partial charge is 0.267 e. The van der Waals surface area contributed by atoms with E-state index in [0.29, 0.717) is 21.1 Å². The number of carbonyl (C=O) groups excluding carboxylic acids is 2. The molecule has 0 radical (unpaired) electrons. The number of para-hydroxylation sites is 1. The number of rotatable bonds is 6. The van der Waals surface area contributed by atoms with Crippen LogP contribution >= 0.6 is 34.4 Å². The van der Waals surface area contributed by atoms with Crippen molar-refractivity contribution in [2.45, 2.75) is 50.1 Å². The summed E-state index contributed by atoms with van der Waals surface area (Å²) in [5.74, 6) is -0.720. The minimum atomic E-state index is -0.510. The molecule has 6 rings (SSSR count). The van der Waals surface area contributed by atoms with Crippen LogP contribution in [0.1, 0.15) is 50.5 Å². The number of anilines is 1. The van der Waals surface area contributed by atoms with Crippen molar-refractivity contribution < 1.29 is 9.59 Å². The van der Waals surface area contributed by atoms with Crippen molar-refractivity contribution in [3.8, 4) is 5.69 Å². The van der Waals surface area contributed by atoms with Crippen LogP contribution in [0.3, 0.4) is 0 Å². The number of nitrogens with zero attached hydrogens (tertiary/aromatic N) is 2. The van der Waals surface area contributed by atoms with Gasteiger partial charge in [-0.2, -0.15) is 0 Å². The molecule has 3 N–H and O–H groups in total. The second-order valence-corrected chi connectivity index (χ2v) is 12.2. The summed E-state index contributed by atoms with van der Waals surface area (Å²) in [6.07, 6.45) is 6.83. The highest BCUT2D eigenvalue weighted by molar-refractivity contribution is 7.99. The van der Waals surface area contributed by atoms with E-state index in [1.165, 1.54) is 28.0 Å². The number of thiophene rings is 2. The highest BCUT2D eigenvalue weighted by Crippen LogP contribution is 2.39. The number of carbonyl (C=O) groups is 2. The van der Waals surface area contributed by atoms with Crippen LogP contribution < -0.4 is 16.6 Å². The summed E-state index contributed by atoms with van der Waals surface area (Å²) in [7, 11) is 0. The van der Waals surface area contributed by atoms with Crippen molar-refractivity contribution in [3.63, 3.8) is 0 Å². The van der Waals surface area contributed by atoms with Crippen LogP contribution in [0.5, 0.6) is 0 Å². The Morgan fingerprint density at radius 1 is 1.00 bits per heavy atom. The van der Waals surface area contributed by atoms with E-state index >= 15 is 0 Å². The average Bonchev–Trinajstić information content (AvgIpc) is 3.55. The Kier molecular flexibility index (Phi) is 6.18. The number of benzene rings is 1. The number of nitrogens with one attached hydrogen (secondary N) is 1. The first-order valence-electron chi connectivity index (χ1n) is 12.0. The first kappa shape index (κ1) is 23.4. The van der Waals surface area contributed by atoms with Gasteiger partial charge < -0.3 is 11.1 Å². The molecule has 0 saturated carbocycles. The number of hydrogen-bond donors (Lipinski definition) is 2. The summed E-state index contributed by atoms with van der Waals surface area (Å²) < 4.78 is 1.62. The maximum atomic E-state index is 13.8. The molecule has 10 heteroatoms. The van der Waals surface area contributed by atoms with Crippen LogP contribution in [0.4, 0.5) is 5.00 Å². The lowest BCUT2D eigenvalue weighted by atomic mass is 9.97. The van der Waals surface area contributed by atoms with Crippen molar-refractivity contribution in [2.75, 3.05) is 11.1 Å². The second kappa shape index (κ2) is 9.49. The maximum Gasteiger partial charge on any atom is 0.267 e. The van der Waals surface area contributed by atoms with E-state index < -0.39 is 5.91 Å². The van der Waals surface area contributed by atoms with Gasteiger partial charge in [-0.25, -0.2) is 4.98 Å². The molecule has 0 fully saturated rings. The number of aryl methyl sites for hydroxylation is 3. The molecule has 2 aliphatic rings. The van der Waals surface area contributed by atoms with E-state index in [2.05, 4.69) is 5.32 Å². The largest absolute Gasteiger partial charge is 0.365 e. The normalized spacial score (nSPS) is 14.6. The average molecular weight is 537 g/mol. The molecule has 7 nitrogen and oxygen atoms in total. The number of fused-ring (bicyclic) bond motifs is 4. The van der Waals surface area contributed by atoms with Crippen LogP contribution in [0.15, 0.2) is 40.3 Å². The Labute approximate surface area is 219 Å². The lowest BCUT2D eigenvalue weighted by molar-refractivity contribution is -0.113. The predicted molar refractivity (Wildman–Crippen MR) is 146 cm³/mol. The number of hydrogen-bond acceptors (Lipinski definition) is 7. The van der Waals surface area contributed by atoms with E-state index in [1.54, 1.807) is 15.9 Å². The maximum absolute atomic E-state index is 13.8. The zero-order valence-corrected chi connectivity index (χ0v) is 21.9. The molecule has 1 aromatic carbocycles. The minimum absolute atomic E-state index is 0.0522. The standard InChI is InChI=1S/C26H24N4O3S3/c27-22(32)20-15-10-6-12-18(15)35-23(20)28-19(31)13-34-26-29-24-21(16-9-4-5-11-17(16)36-24)25(33)30(26)14-7-2-1-3-8-14/h1-3,7-8H,4-6,9-13H2,(H2,27,32)(H,28,31). The van der Waals surface area contributed by atoms with Crippen molar-refractivity contribution >= 4 is 61.5 Å². The lowest BCUT2D eigenvalue weighted by Crippen LogP contribution is -2.23. The molecule has 0 spiro atoms. The van der Waals surface area contributed by atoms with Gasteiger partial charge in [0.15, 0.2) is 5.16 Å².